The Morgan fingerprint density at radius 1 is 0.900 bits per heavy atom. The van der Waals surface area contributed by atoms with E-state index in [-0.39, 0.29) is 22.6 Å². The van der Waals surface area contributed by atoms with Crippen molar-refractivity contribution in [2.75, 3.05) is 11.9 Å². The molecule has 0 amide bonds. The summed E-state index contributed by atoms with van der Waals surface area (Å²) in [6.07, 6.45) is 3.65. The molecule has 3 aromatic rings. The molecule has 0 radical (unpaired) electrons. The van der Waals surface area contributed by atoms with Crippen LogP contribution < -0.4 is 10.4 Å². The standard InChI is InChI=1S/C26H22BNO2/c1-26(2)22(28(3)21-12-8-15-6-4-5-7-17(15)23(21)26)13-11-19-24(29)18-10-9-16(27)14-20(18)25(19)30/h4-14H,27H2,1-3H3/b19-11+,22-13+. The fraction of sp³-hybridized carbons (Fsp3) is 0.154. The molecule has 1 aliphatic heterocycles. The van der Waals surface area contributed by atoms with Crippen molar-refractivity contribution in [1.29, 1.82) is 0 Å². The molecule has 3 nitrogen and oxygen atoms in total. The largest absolute Gasteiger partial charge is 0.347 e. The molecular formula is C26H22BNO2. The summed E-state index contributed by atoms with van der Waals surface area (Å²) >= 11 is 0. The highest BCUT2D eigenvalue weighted by atomic mass is 16.2. The summed E-state index contributed by atoms with van der Waals surface area (Å²) in [5, 5.41) is 2.45. The number of hydrogen-bond acceptors (Lipinski definition) is 3. The van der Waals surface area contributed by atoms with Crippen molar-refractivity contribution >= 4 is 41.3 Å². The van der Waals surface area contributed by atoms with Crippen molar-refractivity contribution in [3.63, 3.8) is 0 Å². The maximum absolute atomic E-state index is 12.9. The van der Waals surface area contributed by atoms with Crippen LogP contribution in [0.4, 0.5) is 5.69 Å². The third-order valence-electron chi connectivity index (χ3n) is 6.46. The van der Waals surface area contributed by atoms with Crippen LogP contribution in [0.5, 0.6) is 0 Å². The molecule has 1 heterocycles. The number of carbonyl (C=O) groups is 2. The molecule has 5 rings (SSSR count). The van der Waals surface area contributed by atoms with Gasteiger partial charge in [0.15, 0.2) is 11.6 Å². The Bertz CT molecular complexity index is 1330. The van der Waals surface area contributed by atoms with Crippen LogP contribution in [0.15, 0.2) is 78.0 Å². The van der Waals surface area contributed by atoms with E-state index < -0.39 is 0 Å². The van der Waals surface area contributed by atoms with Crippen LogP contribution in [-0.2, 0) is 5.41 Å². The van der Waals surface area contributed by atoms with Crippen LogP contribution in [0.2, 0.25) is 0 Å². The monoisotopic (exact) mass is 391 g/mol. The Morgan fingerprint density at radius 3 is 2.43 bits per heavy atom. The molecule has 4 heteroatoms. The van der Waals surface area contributed by atoms with Gasteiger partial charge < -0.3 is 4.90 Å². The second kappa shape index (κ2) is 6.30. The molecule has 0 aromatic heterocycles. The summed E-state index contributed by atoms with van der Waals surface area (Å²) in [6.45, 7) is 4.39. The second-order valence-electron chi connectivity index (χ2n) is 8.70. The Hall–Kier alpha value is -3.40. The Balaban J connectivity index is 1.62. The molecule has 0 unspecified atom stereocenters. The Morgan fingerprint density at radius 2 is 1.63 bits per heavy atom. The molecule has 0 saturated carbocycles. The zero-order valence-corrected chi connectivity index (χ0v) is 17.6. The maximum Gasteiger partial charge on any atom is 0.197 e. The van der Waals surface area contributed by atoms with E-state index in [0.717, 1.165) is 16.8 Å². The molecule has 0 atom stereocenters. The SMILES string of the molecule is Bc1ccc2c(c1)C(=O)/C(=C/C=C1/N(C)c3ccc4ccccc4c3C1(C)C)C2=O. The van der Waals surface area contributed by atoms with E-state index in [2.05, 4.69) is 55.1 Å². The van der Waals surface area contributed by atoms with Gasteiger partial charge in [0, 0.05) is 35.0 Å². The van der Waals surface area contributed by atoms with E-state index in [1.54, 1.807) is 18.2 Å². The molecule has 30 heavy (non-hydrogen) atoms. The van der Waals surface area contributed by atoms with Gasteiger partial charge >= 0.3 is 0 Å². The molecule has 1 aliphatic carbocycles. The fourth-order valence-electron chi connectivity index (χ4n) is 4.94. The van der Waals surface area contributed by atoms with Gasteiger partial charge in [-0.05, 0) is 34.6 Å². The van der Waals surface area contributed by atoms with Crippen molar-refractivity contribution in [1.82, 2.24) is 0 Å². The third kappa shape index (κ3) is 2.46. The van der Waals surface area contributed by atoms with Crippen LogP contribution in [0, 0.1) is 0 Å². The highest BCUT2D eigenvalue weighted by Crippen LogP contribution is 2.50. The highest BCUT2D eigenvalue weighted by Gasteiger charge is 2.40. The van der Waals surface area contributed by atoms with E-state index in [9.17, 15) is 9.59 Å². The molecule has 0 spiro atoms. The van der Waals surface area contributed by atoms with E-state index in [0.29, 0.717) is 11.1 Å². The van der Waals surface area contributed by atoms with Gasteiger partial charge in [-0.3, -0.25) is 9.59 Å². The molecule has 0 N–H and O–H groups in total. The topological polar surface area (TPSA) is 37.4 Å². The number of Topliss-reactive ketones (excluding diaryl/α,β-unsaturated/α-hetero) is 2. The Labute approximate surface area is 177 Å². The molecule has 146 valence electrons. The first-order chi connectivity index (χ1) is 14.3. The number of nitrogens with zero attached hydrogens (tertiary/aromatic N) is 1. The molecular weight excluding hydrogens is 369 g/mol. The number of likely N-dealkylation sites (N-methyl/N-ethyl adjacent to an activating group) is 1. The lowest BCUT2D eigenvalue weighted by atomic mass is 9.81. The number of rotatable bonds is 1. The van der Waals surface area contributed by atoms with Crippen molar-refractivity contribution in [2.24, 2.45) is 0 Å². The summed E-state index contributed by atoms with van der Waals surface area (Å²) in [4.78, 5) is 27.9. The smallest absolute Gasteiger partial charge is 0.197 e. The van der Waals surface area contributed by atoms with Gasteiger partial charge in [-0.15, -0.1) is 0 Å². The highest BCUT2D eigenvalue weighted by molar-refractivity contribution is 6.41. The zero-order valence-electron chi connectivity index (χ0n) is 17.6. The van der Waals surface area contributed by atoms with E-state index >= 15 is 0 Å². The van der Waals surface area contributed by atoms with Crippen molar-refractivity contribution in [3.05, 3.63) is 94.7 Å². The lowest BCUT2D eigenvalue weighted by Gasteiger charge is -2.24. The van der Waals surface area contributed by atoms with Gasteiger partial charge in [0.25, 0.3) is 0 Å². The maximum atomic E-state index is 12.9. The van der Waals surface area contributed by atoms with Crippen LogP contribution in [0.1, 0.15) is 40.1 Å². The van der Waals surface area contributed by atoms with Gasteiger partial charge in [0.1, 0.15) is 7.85 Å². The first-order valence-corrected chi connectivity index (χ1v) is 10.2. The van der Waals surface area contributed by atoms with Gasteiger partial charge in [0.2, 0.25) is 0 Å². The first-order valence-electron chi connectivity index (χ1n) is 10.2. The average molecular weight is 391 g/mol. The van der Waals surface area contributed by atoms with Crippen molar-refractivity contribution < 1.29 is 9.59 Å². The van der Waals surface area contributed by atoms with Crippen LogP contribution in [0.25, 0.3) is 10.8 Å². The quantitative estimate of drug-likeness (QED) is 0.361. The summed E-state index contributed by atoms with van der Waals surface area (Å²) in [5.74, 6) is -0.370. The summed E-state index contributed by atoms with van der Waals surface area (Å²) in [6, 6.07) is 18.1. The van der Waals surface area contributed by atoms with Crippen LogP contribution >= 0.6 is 0 Å². The second-order valence-corrected chi connectivity index (χ2v) is 8.70. The normalized spacial score (nSPS) is 19.8. The number of allylic oxidation sites excluding steroid dienone is 4. The first kappa shape index (κ1) is 18.6. The van der Waals surface area contributed by atoms with Crippen LogP contribution in [-0.4, -0.2) is 26.5 Å². The molecule has 0 fully saturated rings. The van der Waals surface area contributed by atoms with Gasteiger partial charge in [-0.1, -0.05) is 67.8 Å². The van der Waals surface area contributed by atoms with Crippen molar-refractivity contribution in [3.8, 4) is 0 Å². The van der Waals surface area contributed by atoms with Gasteiger partial charge in [-0.25, -0.2) is 0 Å². The minimum Gasteiger partial charge on any atom is -0.347 e. The number of anilines is 1. The van der Waals surface area contributed by atoms with Crippen molar-refractivity contribution in [2.45, 2.75) is 19.3 Å². The van der Waals surface area contributed by atoms with Crippen LogP contribution in [0.3, 0.4) is 0 Å². The summed E-state index contributed by atoms with van der Waals surface area (Å²) < 4.78 is 0. The summed E-state index contributed by atoms with van der Waals surface area (Å²) in [7, 11) is 3.97. The number of hydrogen-bond donors (Lipinski definition) is 0. The number of ketones is 2. The van der Waals surface area contributed by atoms with E-state index in [4.69, 9.17) is 0 Å². The average Bonchev–Trinajstić information content (AvgIpc) is 3.08. The number of fused-ring (bicyclic) bond motifs is 4. The number of benzene rings is 3. The number of carbonyl (C=O) groups excluding carboxylic acids is 2. The van der Waals surface area contributed by atoms with Gasteiger partial charge in [-0.2, -0.15) is 0 Å². The molecule has 3 aromatic carbocycles. The molecule has 0 saturated heterocycles. The third-order valence-corrected chi connectivity index (χ3v) is 6.46. The molecule has 2 aliphatic rings. The lowest BCUT2D eigenvalue weighted by Crippen LogP contribution is -2.22. The predicted octanol–water partition coefficient (Wildman–Crippen LogP) is 3.72. The van der Waals surface area contributed by atoms with E-state index in [1.807, 2.05) is 27.0 Å². The summed E-state index contributed by atoms with van der Waals surface area (Å²) in [5.41, 5.74) is 5.48. The predicted molar refractivity (Wildman–Crippen MR) is 125 cm³/mol. The van der Waals surface area contributed by atoms with E-state index in [1.165, 1.54) is 16.3 Å². The molecule has 0 bridgehead atoms. The zero-order chi connectivity index (χ0) is 21.2. The Kier molecular flexibility index (Phi) is 3.91. The minimum absolute atomic E-state index is 0.183. The minimum atomic E-state index is -0.254. The fourth-order valence-corrected chi connectivity index (χ4v) is 4.94. The van der Waals surface area contributed by atoms with Gasteiger partial charge in [0.05, 0.1) is 5.57 Å². The lowest BCUT2D eigenvalue weighted by molar-refractivity contribution is 0.0989.